The molecule has 0 atom stereocenters. The summed E-state index contributed by atoms with van der Waals surface area (Å²) in [6, 6.07) is 16.2. The van der Waals surface area contributed by atoms with E-state index in [4.69, 9.17) is 0 Å². The fourth-order valence-electron chi connectivity index (χ4n) is 4.16. The average Bonchev–Trinajstić information content (AvgIpc) is 3.10. The van der Waals surface area contributed by atoms with Crippen LogP contribution in [0.4, 0.5) is 0 Å². The highest BCUT2D eigenvalue weighted by Crippen LogP contribution is 2.17. The number of aryl methyl sites for hydroxylation is 5. The molecule has 0 spiro atoms. The molecular weight excluding hydrogens is 388 g/mol. The fourth-order valence-corrected chi connectivity index (χ4v) is 4.16. The van der Waals surface area contributed by atoms with Crippen molar-refractivity contribution in [2.45, 2.75) is 53.8 Å². The molecule has 6 heteroatoms. The van der Waals surface area contributed by atoms with Crippen LogP contribution in [0.15, 0.2) is 58.1 Å². The molecule has 2 aromatic carbocycles. The Bertz CT molecular complexity index is 1360. The van der Waals surface area contributed by atoms with Crippen molar-refractivity contribution in [1.29, 1.82) is 0 Å². The number of rotatable bonds is 6. The quantitative estimate of drug-likeness (QED) is 0.483. The third-order valence-corrected chi connectivity index (χ3v) is 5.87. The fraction of sp³-hybridized carbons (Fsp3) is 0.320. The predicted octanol–water partition coefficient (Wildman–Crippen LogP) is 3.60. The maximum atomic E-state index is 13.6. The lowest BCUT2D eigenvalue weighted by Gasteiger charge is -2.15. The lowest BCUT2D eigenvalue weighted by Crippen LogP contribution is -2.41. The van der Waals surface area contributed by atoms with E-state index >= 15 is 0 Å². The van der Waals surface area contributed by atoms with E-state index in [1.807, 2.05) is 58.0 Å². The topological polar surface area (TPSA) is 61.8 Å². The summed E-state index contributed by atoms with van der Waals surface area (Å²) in [5.41, 5.74) is 5.70. The molecule has 0 aliphatic heterocycles. The number of nitrogens with zero attached hydrogens (tertiary/aromatic N) is 4. The molecule has 0 saturated carbocycles. The molecule has 0 unspecified atom stereocenters. The van der Waals surface area contributed by atoms with Crippen LogP contribution in [0.25, 0.3) is 11.0 Å². The molecular formula is C25H28N4O2. The van der Waals surface area contributed by atoms with Crippen LogP contribution in [0, 0.1) is 20.8 Å². The Morgan fingerprint density at radius 1 is 0.903 bits per heavy atom. The molecule has 2 heterocycles. The summed E-state index contributed by atoms with van der Waals surface area (Å²) in [5, 5.41) is 4.56. The number of hydrogen-bond acceptors (Lipinski definition) is 3. The van der Waals surface area contributed by atoms with Crippen molar-refractivity contribution in [2.24, 2.45) is 0 Å². The zero-order valence-electron chi connectivity index (χ0n) is 18.6. The third kappa shape index (κ3) is 3.85. The summed E-state index contributed by atoms with van der Waals surface area (Å²) < 4.78 is 4.80. The molecule has 4 aromatic rings. The van der Waals surface area contributed by atoms with Gasteiger partial charge in [-0.15, -0.1) is 0 Å². The molecule has 0 fully saturated rings. The molecule has 0 saturated heterocycles. The van der Waals surface area contributed by atoms with Gasteiger partial charge in [0.15, 0.2) is 5.52 Å². The Labute approximate surface area is 181 Å². The van der Waals surface area contributed by atoms with Crippen LogP contribution in [0.3, 0.4) is 0 Å². The Morgan fingerprint density at radius 2 is 1.65 bits per heavy atom. The van der Waals surface area contributed by atoms with Crippen LogP contribution < -0.4 is 11.2 Å². The van der Waals surface area contributed by atoms with Crippen molar-refractivity contribution in [3.05, 3.63) is 97.3 Å². The first-order valence-electron chi connectivity index (χ1n) is 10.7. The minimum absolute atomic E-state index is 0.268. The van der Waals surface area contributed by atoms with Crippen molar-refractivity contribution in [2.75, 3.05) is 0 Å². The van der Waals surface area contributed by atoms with E-state index in [1.165, 1.54) is 4.57 Å². The molecule has 0 N–H and O–H groups in total. The first-order valence-corrected chi connectivity index (χ1v) is 10.7. The summed E-state index contributed by atoms with van der Waals surface area (Å²) >= 11 is 0. The number of fused-ring (bicyclic) bond motifs is 1. The zero-order valence-corrected chi connectivity index (χ0v) is 18.6. The molecule has 160 valence electrons. The highest BCUT2D eigenvalue weighted by atomic mass is 16.2. The molecule has 0 aliphatic rings. The first kappa shape index (κ1) is 20.8. The average molecular weight is 417 g/mol. The maximum Gasteiger partial charge on any atom is 0.331 e. The van der Waals surface area contributed by atoms with Crippen molar-refractivity contribution >= 4 is 11.0 Å². The van der Waals surface area contributed by atoms with Crippen molar-refractivity contribution in [1.82, 2.24) is 18.9 Å². The largest absolute Gasteiger partial charge is 0.331 e. The van der Waals surface area contributed by atoms with E-state index in [2.05, 4.69) is 23.3 Å². The zero-order chi connectivity index (χ0) is 22.1. The van der Waals surface area contributed by atoms with E-state index in [9.17, 15) is 9.59 Å². The number of benzene rings is 2. The second-order valence-corrected chi connectivity index (χ2v) is 8.09. The number of hydrogen-bond donors (Lipinski definition) is 0. The summed E-state index contributed by atoms with van der Waals surface area (Å²) in [4.78, 5) is 26.9. The lowest BCUT2D eigenvalue weighted by molar-refractivity contribution is 0.583. The van der Waals surface area contributed by atoms with E-state index in [0.29, 0.717) is 42.8 Å². The molecule has 0 aliphatic carbocycles. The second-order valence-electron chi connectivity index (χ2n) is 8.09. The van der Waals surface area contributed by atoms with Gasteiger partial charge < -0.3 is 0 Å². The van der Waals surface area contributed by atoms with E-state index in [1.54, 1.807) is 9.25 Å². The van der Waals surface area contributed by atoms with Crippen molar-refractivity contribution in [3.8, 4) is 0 Å². The smallest absolute Gasteiger partial charge is 0.285 e. The Kier molecular flexibility index (Phi) is 5.63. The molecule has 0 bridgehead atoms. The third-order valence-electron chi connectivity index (χ3n) is 5.87. The summed E-state index contributed by atoms with van der Waals surface area (Å²) in [7, 11) is 0. The first-order chi connectivity index (χ1) is 14.9. The van der Waals surface area contributed by atoms with Gasteiger partial charge in [0, 0.05) is 13.1 Å². The highest BCUT2D eigenvalue weighted by molar-refractivity contribution is 5.77. The van der Waals surface area contributed by atoms with Gasteiger partial charge in [0.1, 0.15) is 0 Å². The molecule has 6 nitrogen and oxygen atoms in total. The standard InChI is InChI=1S/C25H28N4O2/c1-5-29-23-22(19(4)26-29)28(16-21-15-17(2)11-12-18(21)3)25(31)27(24(23)30)14-13-20-9-7-6-8-10-20/h6-12,15H,5,13-14,16H2,1-4H3. The van der Waals surface area contributed by atoms with Crippen molar-refractivity contribution < 1.29 is 0 Å². The van der Waals surface area contributed by atoms with E-state index in [0.717, 1.165) is 22.3 Å². The Morgan fingerprint density at radius 3 is 2.35 bits per heavy atom. The minimum atomic E-state index is -0.284. The summed E-state index contributed by atoms with van der Waals surface area (Å²) in [5.74, 6) is 0. The van der Waals surface area contributed by atoms with Crippen LogP contribution in [0.2, 0.25) is 0 Å². The monoisotopic (exact) mass is 416 g/mol. The van der Waals surface area contributed by atoms with Gasteiger partial charge in [0.05, 0.1) is 17.8 Å². The molecule has 2 aromatic heterocycles. The maximum absolute atomic E-state index is 13.6. The van der Waals surface area contributed by atoms with Gasteiger partial charge in [-0.1, -0.05) is 54.1 Å². The van der Waals surface area contributed by atoms with Gasteiger partial charge in [-0.05, 0) is 50.8 Å². The van der Waals surface area contributed by atoms with Crippen LogP contribution in [0.1, 0.15) is 34.9 Å². The van der Waals surface area contributed by atoms with E-state index in [-0.39, 0.29) is 11.2 Å². The molecule has 4 rings (SSSR count). The van der Waals surface area contributed by atoms with Gasteiger partial charge in [0.25, 0.3) is 5.56 Å². The SMILES string of the molecule is CCn1nc(C)c2c1c(=O)n(CCc1ccccc1)c(=O)n2Cc1cc(C)ccc1C. The number of aromatic nitrogens is 4. The summed E-state index contributed by atoms with van der Waals surface area (Å²) in [6.45, 7) is 9.22. The van der Waals surface area contributed by atoms with Crippen LogP contribution in [-0.2, 0) is 26.1 Å². The molecule has 31 heavy (non-hydrogen) atoms. The lowest BCUT2D eigenvalue weighted by atomic mass is 10.1. The van der Waals surface area contributed by atoms with E-state index < -0.39 is 0 Å². The van der Waals surface area contributed by atoms with Crippen LogP contribution >= 0.6 is 0 Å². The Hall–Kier alpha value is -3.41. The van der Waals surface area contributed by atoms with Gasteiger partial charge >= 0.3 is 5.69 Å². The van der Waals surface area contributed by atoms with Crippen molar-refractivity contribution in [3.63, 3.8) is 0 Å². The highest BCUT2D eigenvalue weighted by Gasteiger charge is 2.20. The van der Waals surface area contributed by atoms with Crippen LogP contribution in [0.5, 0.6) is 0 Å². The summed E-state index contributed by atoms with van der Waals surface area (Å²) in [6.07, 6.45) is 0.615. The predicted molar refractivity (Wildman–Crippen MR) is 124 cm³/mol. The Balaban J connectivity index is 1.91. The van der Waals surface area contributed by atoms with Gasteiger partial charge in [-0.2, -0.15) is 5.10 Å². The van der Waals surface area contributed by atoms with Crippen LogP contribution in [-0.4, -0.2) is 18.9 Å². The minimum Gasteiger partial charge on any atom is -0.285 e. The van der Waals surface area contributed by atoms with Gasteiger partial charge in [0.2, 0.25) is 0 Å². The molecule has 0 amide bonds. The van der Waals surface area contributed by atoms with Gasteiger partial charge in [-0.3, -0.25) is 18.6 Å². The normalized spacial score (nSPS) is 11.4. The second kappa shape index (κ2) is 8.38. The molecule has 0 radical (unpaired) electrons. The van der Waals surface area contributed by atoms with Gasteiger partial charge in [-0.25, -0.2) is 4.79 Å².